The first-order chi connectivity index (χ1) is 14.2. The Morgan fingerprint density at radius 2 is 1.63 bits per heavy atom. The predicted octanol–water partition coefficient (Wildman–Crippen LogP) is 3.75. The molecule has 1 aromatic heterocycles. The minimum atomic E-state index is -4.83. The van der Waals surface area contributed by atoms with Crippen LogP contribution in [-0.4, -0.2) is 18.0 Å². The maximum absolute atomic E-state index is 13.4. The number of rotatable bonds is 6. The van der Waals surface area contributed by atoms with E-state index in [1.165, 1.54) is 24.3 Å². The molecule has 0 aliphatic carbocycles. The number of nitrogens with two attached hydrogens (primary N) is 1. The number of benzene rings is 2. The van der Waals surface area contributed by atoms with E-state index < -0.39 is 28.9 Å². The minimum Gasteiger partial charge on any atom is -0.497 e. The van der Waals surface area contributed by atoms with Crippen molar-refractivity contribution in [2.45, 2.75) is 12.8 Å². The maximum Gasteiger partial charge on any atom is 0.431 e. The quantitative estimate of drug-likeness (QED) is 0.638. The van der Waals surface area contributed by atoms with Crippen LogP contribution in [0.3, 0.4) is 0 Å². The molecule has 1 heterocycles. The molecule has 0 unspecified atom stereocenters. The molecule has 0 saturated heterocycles. The highest BCUT2D eigenvalue weighted by molar-refractivity contribution is 5.94. The van der Waals surface area contributed by atoms with Gasteiger partial charge in [-0.3, -0.25) is 9.59 Å². The summed E-state index contributed by atoms with van der Waals surface area (Å²) in [7, 11) is 1.56. The monoisotopic (exact) mass is 418 g/mol. The van der Waals surface area contributed by atoms with Crippen molar-refractivity contribution < 1.29 is 27.4 Å². The van der Waals surface area contributed by atoms with Gasteiger partial charge in [-0.25, -0.2) is 0 Å². The number of hydrogen-bond donors (Lipinski definition) is 2. The van der Waals surface area contributed by atoms with E-state index >= 15 is 0 Å². The Hall–Kier alpha value is -3.75. The van der Waals surface area contributed by atoms with Gasteiger partial charge in [-0.1, -0.05) is 24.3 Å². The number of amides is 1. The van der Waals surface area contributed by atoms with Crippen molar-refractivity contribution in [3.05, 3.63) is 81.8 Å². The first-order valence-corrected chi connectivity index (χ1v) is 8.69. The zero-order chi connectivity index (χ0) is 21.9. The first kappa shape index (κ1) is 21.0. The lowest BCUT2D eigenvalue weighted by molar-refractivity contribution is -0.140. The molecule has 0 saturated carbocycles. The van der Waals surface area contributed by atoms with Gasteiger partial charge < -0.3 is 20.2 Å². The smallest absolute Gasteiger partial charge is 0.431 e. The Bertz CT molecular complexity index is 1110. The lowest BCUT2D eigenvalue weighted by Gasteiger charge is -2.14. The average Bonchev–Trinajstić information content (AvgIpc) is 2.72. The molecule has 1 amide bonds. The topological polar surface area (TPSA) is 94.4 Å². The second-order valence-electron chi connectivity index (χ2n) is 6.32. The summed E-state index contributed by atoms with van der Waals surface area (Å²) in [6, 6.07) is 13.9. The standard InChI is InChI=1S/C21H17F3N2O4/c1-29-14-6-2-12(3-7-14)11-30-15-8-4-13(5-9-15)16-10-17(19(25)27)20(28)26-18(16)21(22,23)24/h2-10H,11H2,1H3,(H2,25,27)(H,26,28). The molecule has 9 heteroatoms. The summed E-state index contributed by atoms with van der Waals surface area (Å²) in [5.74, 6) is 0.0214. The predicted molar refractivity (Wildman–Crippen MR) is 103 cm³/mol. The Morgan fingerprint density at radius 1 is 1.03 bits per heavy atom. The molecular weight excluding hydrogens is 401 g/mol. The molecule has 156 valence electrons. The van der Waals surface area contributed by atoms with Crippen molar-refractivity contribution in [3.63, 3.8) is 0 Å². The van der Waals surface area contributed by atoms with Gasteiger partial charge in [-0.15, -0.1) is 0 Å². The second kappa shape index (κ2) is 8.32. The van der Waals surface area contributed by atoms with Crippen LogP contribution in [-0.2, 0) is 12.8 Å². The molecule has 0 spiro atoms. The zero-order valence-corrected chi connectivity index (χ0v) is 15.7. The van der Waals surface area contributed by atoms with Crippen molar-refractivity contribution in [1.29, 1.82) is 0 Å². The summed E-state index contributed by atoms with van der Waals surface area (Å²) in [5.41, 5.74) is 2.73. The number of aromatic nitrogens is 1. The third kappa shape index (κ3) is 4.62. The molecule has 2 aromatic carbocycles. The normalized spacial score (nSPS) is 11.2. The molecule has 6 nitrogen and oxygen atoms in total. The molecule has 0 fully saturated rings. The fraction of sp³-hybridized carbons (Fsp3) is 0.143. The van der Waals surface area contributed by atoms with Gasteiger partial charge in [-0.2, -0.15) is 13.2 Å². The van der Waals surface area contributed by atoms with E-state index in [0.29, 0.717) is 11.5 Å². The number of primary amides is 1. The van der Waals surface area contributed by atoms with E-state index in [1.807, 2.05) is 12.1 Å². The van der Waals surface area contributed by atoms with Crippen LogP contribution in [0.4, 0.5) is 13.2 Å². The van der Waals surface area contributed by atoms with E-state index in [9.17, 15) is 22.8 Å². The Morgan fingerprint density at radius 3 is 2.17 bits per heavy atom. The number of ether oxygens (including phenoxy) is 2. The second-order valence-corrected chi connectivity index (χ2v) is 6.32. The van der Waals surface area contributed by atoms with Crippen LogP contribution in [0.25, 0.3) is 11.1 Å². The van der Waals surface area contributed by atoms with Gasteiger partial charge in [0.15, 0.2) is 0 Å². The van der Waals surface area contributed by atoms with Crippen molar-refractivity contribution in [2.75, 3.05) is 7.11 Å². The van der Waals surface area contributed by atoms with E-state index in [-0.39, 0.29) is 17.7 Å². The molecule has 0 radical (unpaired) electrons. The lowest BCUT2D eigenvalue weighted by Crippen LogP contribution is -2.27. The first-order valence-electron chi connectivity index (χ1n) is 8.69. The van der Waals surface area contributed by atoms with Gasteiger partial charge in [0.2, 0.25) is 0 Å². The number of carbonyl (C=O) groups excluding carboxylic acids is 1. The van der Waals surface area contributed by atoms with E-state index in [4.69, 9.17) is 15.2 Å². The highest BCUT2D eigenvalue weighted by Crippen LogP contribution is 2.35. The average molecular weight is 418 g/mol. The van der Waals surface area contributed by atoms with Crippen LogP contribution in [0.5, 0.6) is 11.5 Å². The molecular formula is C21H17F3N2O4. The summed E-state index contributed by atoms with van der Waals surface area (Å²) in [5, 5.41) is 0. The Balaban J connectivity index is 1.87. The number of hydrogen-bond acceptors (Lipinski definition) is 4. The van der Waals surface area contributed by atoms with Crippen molar-refractivity contribution in [1.82, 2.24) is 4.98 Å². The number of H-pyrrole nitrogens is 1. The molecule has 0 bridgehead atoms. The lowest BCUT2D eigenvalue weighted by atomic mass is 10.0. The number of aromatic amines is 1. The van der Waals surface area contributed by atoms with E-state index in [0.717, 1.165) is 11.6 Å². The summed E-state index contributed by atoms with van der Waals surface area (Å²) < 4.78 is 50.8. The molecule has 3 aromatic rings. The summed E-state index contributed by atoms with van der Waals surface area (Å²) in [4.78, 5) is 24.8. The van der Waals surface area contributed by atoms with Crippen LogP contribution >= 0.6 is 0 Å². The molecule has 3 N–H and O–H groups in total. The van der Waals surface area contributed by atoms with Gasteiger partial charge in [0.05, 0.1) is 7.11 Å². The summed E-state index contributed by atoms with van der Waals surface area (Å²) >= 11 is 0. The Kier molecular flexibility index (Phi) is 5.81. The molecule has 0 aliphatic rings. The molecule has 0 aliphatic heterocycles. The Labute approximate surface area is 169 Å². The van der Waals surface area contributed by atoms with Crippen molar-refractivity contribution in [2.24, 2.45) is 5.73 Å². The minimum absolute atomic E-state index is 0.137. The fourth-order valence-electron chi connectivity index (χ4n) is 2.78. The van der Waals surface area contributed by atoms with Crippen LogP contribution in [0.2, 0.25) is 0 Å². The summed E-state index contributed by atoms with van der Waals surface area (Å²) in [6.07, 6.45) is -4.83. The SMILES string of the molecule is COc1ccc(COc2ccc(-c3cc(C(N)=O)c(=O)[nH]c3C(F)(F)F)cc2)cc1. The van der Waals surface area contributed by atoms with Gasteiger partial charge in [0.25, 0.3) is 11.5 Å². The number of carbonyl (C=O) groups is 1. The van der Waals surface area contributed by atoms with E-state index in [1.54, 1.807) is 24.2 Å². The van der Waals surface area contributed by atoms with E-state index in [2.05, 4.69) is 0 Å². The largest absolute Gasteiger partial charge is 0.497 e. The highest BCUT2D eigenvalue weighted by atomic mass is 19.4. The van der Waals surface area contributed by atoms with Crippen LogP contribution in [0, 0.1) is 0 Å². The zero-order valence-electron chi connectivity index (χ0n) is 15.7. The van der Waals surface area contributed by atoms with Crippen LogP contribution in [0.15, 0.2) is 59.4 Å². The maximum atomic E-state index is 13.4. The third-order valence-electron chi connectivity index (χ3n) is 4.32. The number of alkyl halides is 3. The fourth-order valence-corrected chi connectivity index (χ4v) is 2.78. The molecule has 3 rings (SSSR count). The van der Waals surface area contributed by atoms with Crippen LogP contribution < -0.4 is 20.8 Å². The van der Waals surface area contributed by atoms with Gasteiger partial charge >= 0.3 is 6.18 Å². The number of halogens is 3. The van der Waals surface area contributed by atoms with Gasteiger partial charge in [0.1, 0.15) is 29.4 Å². The van der Waals surface area contributed by atoms with Gasteiger partial charge in [0, 0.05) is 5.56 Å². The summed E-state index contributed by atoms with van der Waals surface area (Å²) in [6.45, 7) is 0.252. The molecule has 30 heavy (non-hydrogen) atoms. The number of pyridine rings is 1. The van der Waals surface area contributed by atoms with Gasteiger partial charge in [-0.05, 0) is 41.5 Å². The van der Waals surface area contributed by atoms with Crippen molar-refractivity contribution in [3.8, 4) is 22.6 Å². The molecule has 0 atom stereocenters. The van der Waals surface area contributed by atoms with Crippen LogP contribution in [0.1, 0.15) is 21.6 Å². The number of nitrogens with one attached hydrogen (secondary N) is 1. The third-order valence-corrected chi connectivity index (χ3v) is 4.32. The highest BCUT2D eigenvalue weighted by Gasteiger charge is 2.36. The number of methoxy groups -OCH3 is 1. The van der Waals surface area contributed by atoms with Crippen molar-refractivity contribution >= 4 is 5.91 Å².